The van der Waals surface area contributed by atoms with Gasteiger partial charge in [-0.15, -0.1) is 0 Å². The molecule has 2 aliphatic rings. The van der Waals surface area contributed by atoms with Crippen molar-refractivity contribution in [3.63, 3.8) is 0 Å². The van der Waals surface area contributed by atoms with Crippen molar-refractivity contribution >= 4 is 29.6 Å². The molecule has 3 aromatic rings. The molecular weight excluding hydrogens is 612 g/mol. The van der Waals surface area contributed by atoms with Crippen LogP contribution in [0, 0.1) is 17.6 Å². The monoisotopic (exact) mass is 660 g/mol. The Morgan fingerprint density at radius 2 is 1.54 bits per heavy atom. The largest absolute Gasteiger partial charge is 0.388 e. The fourth-order valence-electron chi connectivity index (χ4n) is 6.15. The summed E-state index contributed by atoms with van der Waals surface area (Å²) >= 11 is 0. The van der Waals surface area contributed by atoms with Crippen LogP contribution < -0.4 is 21.3 Å². The van der Waals surface area contributed by atoms with Gasteiger partial charge < -0.3 is 25.8 Å². The molecule has 0 spiro atoms. The van der Waals surface area contributed by atoms with Gasteiger partial charge in [-0.3, -0.25) is 14.4 Å². The Morgan fingerprint density at radius 3 is 2.12 bits per heavy atom. The van der Waals surface area contributed by atoms with E-state index in [1.54, 1.807) is 31.3 Å². The number of rotatable bonds is 12. The first-order valence-electron chi connectivity index (χ1n) is 16.4. The number of quaternary nitrogens is 1. The molecule has 10 heteroatoms. The second-order valence-electron chi connectivity index (χ2n) is 14.0. The van der Waals surface area contributed by atoms with Gasteiger partial charge in [0.15, 0.2) is 0 Å². The molecule has 1 aliphatic carbocycles. The first-order valence-corrected chi connectivity index (χ1v) is 16.4. The van der Waals surface area contributed by atoms with Crippen molar-refractivity contribution in [2.75, 3.05) is 44.9 Å². The number of halogens is 2. The van der Waals surface area contributed by atoms with Crippen LogP contribution in [-0.2, 0) is 20.8 Å². The lowest BCUT2D eigenvalue weighted by atomic mass is 9.93. The fourth-order valence-corrected chi connectivity index (χ4v) is 6.15. The molecule has 4 N–H and O–H groups in total. The zero-order valence-corrected chi connectivity index (χ0v) is 28.5. The van der Waals surface area contributed by atoms with Gasteiger partial charge >= 0.3 is 0 Å². The molecular formula is C38H48F2N5O3+. The van der Waals surface area contributed by atoms with Gasteiger partial charge in [0.05, 0.1) is 27.2 Å². The molecule has 1 saturated carbocycles. The van der Waals surface area contributed by atoms with Gasteiger partial charge in [0, 0.05) is 42.7 Å². The summed E-state index contributed by atoms with van der Waals surface area (Å²) in [5, 5.41) is 11.7. The van der Waals surface area contributed by atoms with Crippen LogP contribution in [0.1, 0.15) is 50.2 Å². The third kappa shape index (κ3) is 11.0. The zero-order valence-electron chi connectivity index (χ0n) is 28.5. The van der Waals surface area contributed by atoms with Crippen LogP contribution in [0.15, 0.2) is 84.4 Å². The minimum Gasteiger partial charge on any atom is -0.388 e. The quantitative estimate of drug-likeness (QED) is 0.112. The van der Waals surface area contributed by atoms with Gasteiger partial charge in [0.25, 0.3) is 0 Å². The van der Waals surface area contributed by atoms with Crippen molar-refractivity contribution in [1.82, 2.24) is 10.6 Å². The van der Waals surface area contributed by atoms with E-state index in [1.165, 1.54) is 29.8 Å². The van der Waals surface area contributed by atoms with E-state index < -0.39 is 11.6 Å². The van der Waals surface area contributed by atoms with E-state index in [0.717, 1.165) is 47.2 Å². The highest BCUT2D eigenvalue weighted by molar-refractivity contribution is 5.90. The van der Waals surface area contributed by atoms with Gasteiger partial charge in [-0.05, 0) is 97.8 Å². The molecule has 5 rings (SSSR count). The fraction of sp³-hybridized carbons (Fsp3) is 0.395. The second kappa shape index (κ2) is 16.0. The van der Waals surface area contributed by atoms with Gasteiger partial charge in [-0.1, -0.05) is 30.3 Å². The average molecular weight is 661 g/mol. The Morgan fingerprint density at radius 1 is 0.938 bits per heavy atom. The van der Waals surface area contributed by atoms with Gasteiger partial charge in [0.2, 0.25) is 18.2 Å². The first-order chi connectivity index (χ1) is 22.8. The molecule has 3 unspecified atom stereocenters. The predicted molar refractivity (Wildman–Crippen MR) is 186 cm³/mol. The predicted octanol–water partition coefficient (Wildman–Crippen LogP) is 5.78. The maximum absolute atomic E-state index is 13.6. The van der Waals surface area contributed by atoms with Crippen molar-refractivity contribution in [3.8, 4) is 0 Å². The lowest BCUT2D eigenvalue weighted by Gasteiger charge is -2.35. The Labute approximate surface area is 282 Å². The van der Waals surface area contributed by atoms with Crippen LogP contribution in [0.5, 0.6) is 0 Å². The molecule has 0 saturated heterocycles. The SMILES string of the molecule is CC(C)(Cc1ccc(F)cc1)NC(=O)C(CC1=CCC[N+](C)(C)C1)NC(=O)C1CC1c1ccc(NC=O)cc1.CNc1ccc(F)cc1. The number of carbonyl (C=O) groups is 3. The smallest absolute Gasteiger partial charge is 0.243 e. The van der Waals surface area contributed by atoms with Crippen LogP contribution in [0.25, 0.3) is 0 Å². The van der Waals surface area contributed by atoms with Crippen molar-refractivity contribution in [2.45, 2.75) is 57.0 Å². The van der Waals surface area contributed by atoms with E-state index in [9.17, 15) is 23.2 Å². The third-order valence-corrected chi connectivity index (χ3v) is 8.74. The molecule has 1 fully saturated rings. The molecule has 3 aromatic carbocycles. The molecule has 1 aliphatic heterocycles. The molecule has 8 nitrogen and oxygen atoms in total. The van der Waals surface area contributed by atoms with Gasteiger partial charge in [-0.25, -0.2) is 8.78 Å². The van der Waals surface area contributed by atoms with E-state index in [4.69, 9.17) is 0 Å². The first kappa shape index (κ1) is 36.3. The average Bonchev–Trinajstić information content (AvgIpc) is 3.84. The summed E-state index contributed by atoms with van der Waals surface area (Å²) in [6, 6.07) is 19.3. The van der Waals surface area contributed by atoms with Crippen LogP contribution in [0.4, 0.5) is 20.2 Å². The van der Waals surface area contributed by atoms with Crippen LogP contribution >= 0.6 is 0 Å². The number of hydrogen-bond acceptors (Lipinski definition) is 4. The summed E-state index contributed by atoms with van der Waals surface area (Å²) in [5.41, 5.74) is 4.18. The van der Waals surface area contributed by atoms with E-state index in [-0.39, 0.29) is 35.3 Å². The van der Waals surface area contributed by atoms with Crippen LogP contribution in [0.3, 0.4) is 0 Å². The summed E-state index contributed by atoms with van der Waals surface area (Å²) < 4.78 is 26.4. The van der Waals surface area contributed by atoms with E-state index in [0.29, 0.717) is 24.9 Å². The molecule has 1 heterocycles. The normalized spacial score (nSPS) is 18.6. The Balaban J connectivity index is 0.000000500. The topological polar surface area (TPSA) is 99.3 Å². The van der Waals surface area contributed by atoms with Crippen molar-refractivity contribution in [2.24, 2.45) is 5.92 Å². The van der Waals surface area contributed by atoms with E-state index in [1.807, 2.05) is 38.1 Å². The summed E-state index contributed by atoms with van der Waals surface area (Å²) in [6.07, 6.45) is 5.51. The summed E-state index contributed by atoms with van der Waals surface area (Å²) in [7, 11) is 6.15. The molecule has 3 amide bonds. The lowest BCUT2D eigenvalue weighted by Crippen LogP contribution is -2.55. The number of amides is 3. The Hall–Kier alpha value is -4.57. The highest BCUT2D eigenvalue weighted by Crippen LogP contribution is 2.47. The Kier molecular flexibility index (Phi) is 12.1. The number of carbonyl (C=O) groups excluding carboxylic acids is 3. The maximum Gasteiger partial charge on any atom is 0.243 e. The standard InChI is InChI=1S/C31H39FN4O3.C7H8FN/c1-31(2,18-21-7-11-24(32)12-8-21)35-30(39)28(16-22-6-5-15-36(3,4)19-22)34-29(38)27-17-26(27)23-9-13-25(14-10-23)33-20-37;1-9-7-4-2-6(8)3-5-7/h6-14,20,26-28H,5,15-19H2,1-4H3,(H2-,33,34,35,37,38,39);2-5,9H,1H3/p+1. The second-order valence-corrected chi connectivity index (χ2v) is 14.0. The summed E-state index contributed by atoms with van der Waals surface area (Å²) in [5.74, 6) is -0.916. The van der Waals surface area contributed by atoms with E-state index in [2.05, 4.69) is 41.4 Å². The lowest BCUT2D eigenvalue weighted by molar-refractivity contribution is -0.887. The number of benzene rings is 3. The van der Waals surface area contributed by atoms with Crippen molar-refractivity contribution in [1.29, 1.82) is 0 Å². The number of likely N-dealkylation sites (N-methyl/N-ethyl adjacent to an activating group) is 1. The number of anilines is 2. The number of nitrogens with one attached hydrogen (secondary N) is 4. The van der Waals surface area contributed by atoms with Crippen molar-refractivity contribution < 1.29 is 27.6 Å². The molecule has 0 aromatic heterocycles. The molecule has 3 atom stereocenters. The molecule has 256 valence electrons. The summed E-state index contributed by atoms with van der Waals surface area (Å²) in [4.78, 5) is 37.6. The molecule has 0 radical (unpaired) electrons. The summed E-state index contributed by atoms with van der Waals surface area (Å²) in [6.45, 7) is 5.76. The molecule has 0 bridgehead atoms. The van der Waals surface area contributed by atoms with Gasteiger partial charge in [-0.2, -0.15) is 0 Å². The highest BCUT2D eigenvalue weighted by Gasteiger charge is 2.45. The zero-order chi connectivity index (χ0) is 34.9. The van der Waals surface area contributed by atoms with Gasteiger partial charge in [0.1, 0.15) is 17.7 Å². The van der Waals surface area contributed by atoms with Crippen molar-refractivity contribution in [3.05, 3.63) is 107 Å². The maximum atomic E-state index is 13.6. The number of nitrogens with zero attached hydrogens (tertiary/aromatic N) is 1. The van der Waals surface area contributed by atoms with Crippen LogP contribution in [0.2, 0.25) is 0 Å². The minimum atomic E-state index is -0.685. The number of hydrogen-bond donors (Lipinski definition) is 4. The van der Waals surface area contributed by atoms with Crippen LogP contribution in [-0.4, -0.2) is 68.5 Å². The van der Waals surface area contributed by atoms with E-state index >= 15 is 0 Å². The Bertz CT molecular complexity index is 1570. The highest BCUT2D eigenvalue weighted by atomic mass is 19.1. The minimum absolute atomic E-state index is 0.0957. The third-order valence-electron chi connectivity index (χ3n) is 8.74. The molecule has 48 heavy (non-hydrogen) atoms.